The summed E-state index contributed by atoms with van der Waals surface area (Å²) in [5.74, 6) is 1.60. The first kappa shape index (κ1) is 15.5. The molecule has 0 N–H and O–H groups in total. The Labute approximate surface area is 135 Å². The number of carbonyl (C=O) groups excluding carboxylic acids is 1. The number of rotatable bonds is 4. The molecule has 0 radical (unpaired) electrons. The summed E-state index contributed by atoms with van der Waals surface area (Å²) in [6, 6.07) is 7.62. The van der Waals surface area contributed by atoms with E-state index < -0.39 is 0 Å². The molecule has 1 aromatic heterocycles. The second-order valence-electron chi connectivity index (χ2n) is 5.97. The first-order valence-electron chi connectivity index (χ1n) is 7.92. The van der Waals surface area contributed by atoms with Crippen molar-refractivity contribution in [1.29, 1.82) is 0 Å². The van der Waals surface area contributed by atoms with E-state index in [-0.39, 0.29) is 24.5 Å². The summed E-state index contributed by atoms with van der Waals surface area (Å²) in [6.07, 6.45) is 0.854. The molecule has 1 atom stereocenters. The van der Waals surface area contributed by atoms with Gasteiger partial charge >= 0.3 is 0 Å². The number of fused-ring (bicyclic) bond motifs is 1. The fourth-order valence-electron chi connectivity index (χ4n) is 2.70. The molecule has 0 fully saturated rings. The average Bonchev–Trinajstić information content (AvgIpc) is 3.02. The highest BCUT2D eigenvalue weighted by atomic mass is 16.5. The number of tetrazole rings is 1. The minimum atomic E-state index is -0.0339. The van der Waals surface area contributed by atoms with Gasteiger partial charge in [-0.15, -0.1) is 5.10 Å². The van der Waals surface area contributed by atoms with Crippen LogP contribution < -0.4 is 9.64 Å². The number of amides is 1. The first-order chi connectivity index (χ1) is 11.1. The van der Waals surface area contributed by atoms with Crippen molar-refractivity contribution >= 4 is 11.6 Å². The number of carbonyl (C=O) groups is 1. The Hall–Kier alpha value is -2.44. The Morgan fingerprint density at radius 3 is 2.91 bits per heavy atom. The molecule has 1 aliphatic heterocycles. The van der Waals surface area contributed by atoms with Gasteiger partial charge in [-0.2, -0.15) is 0 Å². The van der Waals surface area contributed by atoms with Gasteiger partial charge in [0.1, 0.15) is 18.4 Å². The van der Waals surface area contributed by atoms with Gasteiger partial charge in [-0.05, 0) is 29.0 Å². The van der Waals surface area contributed by atoms with Crippen molar-refractivity contribution in [3.63, 3.8) is 0 Å². The molecular formula is C16H21N5O2. The minimum absolute atomic E-state index is 0.00675. The van der Waals surface area contributed by atoms with Crippen LogP contribution in [0, 0.1) is 0 Å². The number of ether oxygens (including phenoxy) is 1. The van der Waals surface area contributed by atoms with Crippen molar-refractivity contribution in [3.8, 4) is 5.75 Å². The van der Waals surface area contributed by atoms with Crippen LogP contribution in [-0.4, -0.2) is 38.8 Å². The van der Waals surface area contributed by atoms with Gasteiger partial charge in [0.25, 0.3) is 0 Å². The summed E-state index contributed by atoms with van der Waals surface area (Å²) in [7, 11) is 0. The molecule has 0 spiro atoms. The minimum Gasteiger partial charge on any atom is -0.486 e. The molecule has 0 unspecified atom stereocenters. The van der Waals surface area contributed by atoms with E-state index >= 15 is 0 Å². The van der Waals surface area contributed by atoms with Gasteiger partial charge in [-0.3, -0.25) is 4.79 Å². The summed E-state index contributed by atoms with van der Waals surface area (Å²) >= 11 is 0. The van der Waals surface area contributed by atoms with E-state index in [1.54, 1.807) is 9.58 Å². The highest BCUT2D eigenvalue weighted by Gasteiger charge is 2.29. The molecule has 1 aliphatic rings. The molecule has 2 heterocycles. The van der Waals surface area contributed by atoms with Crippen LogP contribution in [-0.2, 0) is 11.3 Å². The van der Waals surface area contributed by atoms with Crippen LogP contribution in [0.15, 0.2) is 24.3 Å². The highest BCUT2D eigenvalue weighted by Crippen LogP contribution is 2.33. The number of hydrogen-bond donors (Lipinski definition) is 0. The van der Waals surface area contributed by atoms with E-state index in [9.17, 15) is 4.79 Å². The van der Waals surface area contributed by atoms with Crippen molar-refractivity contribution in [1.82, 2.24) is 20.2 Å². The molecule has 1 aromatic carbocycles. The largest absolute Gasteiger partial charge is 0.486 e. The molecule has 0 saturated heterocycles. The van der Waals surface area contributed by atoms with Gasteiger partial charge in [0, 0.05) is 5.92 Å². The van der Waals surface area contributed by atoms with Crippen molar-refractivity contribution in [2.45, 2.75) is 45.8 Å². The van der Waals surface area contributed by atoms with E-state index in [1.165, 1.54) is 0 Å². The lowest BCUT2D eigenvalue weighted by Gasteiger charge is -2.34. The Kier molecular flexibility index (Phi) is 4.27. The maximum Gasteiger partial charge on any atom is 0.249 e. The van der Waals surface area contributed by atoms with Gasteiger partial charge in [-0.25, -0.2) is 4.68 Å². The Morgan fingerprint density at radius 2 is 2.17 bits per heavy atom. The first-order valence-corrected chi connectivity index (χ1v) is 7.92. The van der Waals surface area contributed by atoms with E-state index in [0.29, 0.717) is 12.4 Å². The molecule has 0 bridgehead atoms. The van der Waals surface area contributed by atoms with E-state index in [1.807, 2.05) is 38.1 Å². The van der Waals surface area contributed by atoms with Crippen LogP contribution in [0.25, 0.3) is 0 Å². The predicted molar refractivity (Wildman–Crippen MR) is 85.4 cm³/mol. The summed E-state index contributed by atoms with van der Waals surface area (Å²) in [5.41, 5.74) is 0.807. The zero-order valence-electron chi connectivity index (χ0n) is 13.6. The smallest absolute Gasteiger partial charge is 0.249 e. The number of nitrogens with zero attached hydrogens (tertiary/aromatic N) is 5. The van der Waals surface area contributed by atoms with Crippen molar-refractivity contribution in [2.24, 2.45) is 0 Å². The number of anilines is 1. The van der Waals surface area contributed by atoms with Crippen molar-refractivity contribution < 1.29 is 9.53 Å². The second-order valence-corrected chi connectivity index (χ2v) is 5.97. The van der Waals surface area contributed by atoms with Gasteiger partial charge in [0.15, 0.2) is 5.82 Å². The third-order valence-electron chi connectivity index (χ3n) is 3.95. The normalized spacial score (nSPS) is 17.0. The Balaban J connectivity index is 1.85. The van der Waals surface area contributed by atoms with Crippen molar-refractivity contribution in [2.75, 3.05) is 11.4 Å². The lowest BCUT2D eigenvalue weighted by molar-refractivity contribution is -0.120. The summed E-state index contributed by atoms with van der Waals surface area (Å²) in [6.45, 7) is 6.74. The molecular weight excluding hydrogens is 294 g/mol. The lowest BCUT2D eigenvalue weighted by Crippen LogP contribution is -2.44. The quantitative estimate of drug-likeness (QED) is 0.863. The Morgan fingerprint density at radius 1 is 1.39 bits per heavy atom. The standard InChI is InChI=1S/C16H21N5O2/c1-4-12-9-20(13-7-5-6-8-14(13)23-12)15(22)10-21-16(11(2)3)17-18-19-21/h5-8,11-12H,4,9-10H2,1-3H3/t12-/m1/s1. The molecule has 0 saturated carbocycles. The average molecular weight is 315 g/mol. The molecule has 1 amide bonds. The summed E-state index contributed by atoms with van der Waals surface area (Å²) < 4.78 is 7.49. The highest BCUT2D eigenvalue weighted by molar-refractivity contribution is 5.95. The molecule has 3 rings (SSSR count). The third-order valence-corrected chi connectivity index (χ3v) is 3.95. The fraction of sp³-hybridized carbons (Fsp3) is 0.500. The molecule has 0 aliphatic carbocycles. The molecule has 2 aromatic rings. The van der Waals surface area contributed by atoms with Crippen LogP contribution in [0.1, 0.15) is 38.9 Å². The van der Waals surface area contributed by atoms with Gasteiger partial charge in [0.05, 0.1) is 12.2 Å². The monoisotopic (exact) mass is 315 g/mol. The maximum absolute atomic E-state index is 12.8. The topological polar surface area (TPSA) is 73.1 Å². The van der Waals surface area contributed by atoms with Crippen molar-refractivity contribution in [3.05, 3.63) is 30.1 Å². The zero-order chi connectivity index (χ0) is 16.4. The summed E-state index contributed by atoms with van der Waals surface area (Å²) in [4.78, 5) is 14.6. The van der Waals surface area contributed by atoms with E-state index in [2.05, 4.69) is 22.4 Å². The number of para-hydroxylation sites is 2. The van der Waals surface area contributed by atoms with Crippen LogP contribution in [0.2, 0.25) is 0 Å². The predicted octanol–water partition coefficient (Wildman–Crippen LogP) is 2.00. The van der Waals surface area contributed by atoms with Gasteiger partial charge in [-0.1, -0.05) is 32.9 Å². The van der Waals surface area contributed by atoms with Gasteiger partial charge in [0.2, 0.25) is 5.91 Å². The fourth-order valence-corrected chi connectivity index (χ4v) is 2.70. The lowest BCUT2D eigenvalue weighted by atomic mass is 10.1. The van der Waals surface area contributed by atoms with Crippen LogP contribution >= 0.6 is 0 Å². The molecule has 7 heteroatoms. The van der Waals surface area contributed by atoms with E-state index in [0.717, 1.165) is 17.9 Å². The zero-order valence-corrected chi connectivity index (χ0v) is 13.6. The number of aromatic nitrogens is 4. The maximum atomic E-state index is 12.8. The number of hydrogen-bond acceptors (Lipinski definition) is 5. The molecule has 7 nitrogen and oxygen atoms in total. The molecule has 122 valence electrons. The van der Waals surface area contributed by atoms with Crippen LogP contribution in [0.3, 0.4) is 0 Å². The van der Waals surface area contributed by atoms with Gasteiger partial charge < -0.3 is 9.64 Å². The number of benzene rings is 1. The third kappa shape index (κ3) is 3.04. The Bertz CT molecular complexity index is 697. The molecule has 23 heavy (non-hydrogen) atoms. The second kappa shape index (κ2) is 6.36. The summed E-state index contributed by atoms with van der Waals surface area (Å²) in [5, 5.41) is 11.6. The van der Waals surface area contributed by atoms with E-state index in [4.69, 9.17) is 4.74 Å². The van der Waals surface area contributed by atoms with Crippen LogP contribution in [0.4, 0.5) is 5.69 Å². The van der Waals surface area contributed by atoms with Crippen LogP contribution in [0.5, 0.6) is 5.75 Å². The SMILES string of the molecule is CC[C@@H]1CN(C(=O)Cn2nnnc2C(C)C)c2ccccc2O1.